The lowest BCUT2D eigenvalue weighted by Gasteiger charge is -2.07. The summed E-state index contributed by atoms with van der Waals surface area (Å²) >= 11 is 6.06. The summed E-state index contributed by atoms with van der Waals surface area (Å²) in [5.41, 5.74) is 2.21. The average molecular weight is 455 g/mol. The molecular weight excluding hydrogens is 436 g/mol. The van der Waals surface area contributed by atoms with E-state index in [0.717, 1.165) is 27.8 Å². The van der Waals surface area contributed by atoms with Gasteiger partial charge in [-0.05, 0) is 71.4 Å². The molecule has 0 aliphatic rings. The van der Waals surface area contributed by atoms with Gasteiger partial charge in [-0.25, -0.2) is 9.67 Å². The highest BCUT2D eigenvalue weighted by Gasteiger charge is 2.19. The monoisotopic (exact) mass is 454 g/mol. The first-order chi connectivity index (χ1) is 16.1. The van der Waals surface area contributed by atoms with Gasteiger partial charge in [-0.3, -0.25) is 4.79 Å². The number of benzene rings is 4. The Morgan fingerprint density at radius 1 is 0.909 bits per heavy atom. The van der Waals surface area contributed by atoms with Crippen LogP contribution in [0.25, 0.3) is 27.8 Å². The summed E-state index contributed by atoms with van der Waals surface area (Å²) in [6.45, 7) is 0. The summed E-state index contributed by atoms with van der Waals surface area (Å²) in [6.07, 6.45) is 0. The van der Waals surface area contributed by atoms with Crippen LogP contribution in [0.1, 0.15) is 10.6 Å². The summed E-state index contributed by atoms with van der Waals surface area (Å²) in [5.74, 6) is 0.915. The summed E-state index contributed by atoms with van der Waals surface area (Å²) in [6, 6.07) is 28.3. The van der Waals surface area contributed by atoms with Crippen LogP contribution in [0.15, 0.2) is 91.0 Å². The van der Waals surface area contributed by atoms with Crippen LogP contribution in [0.3, 0.4) is 0 Å². The molecule has 0 atom stereocenters. The number of amides is 1. The van der Waals surface area contributed by atoms with Gasteiger partial charge in [0.25, 0.3) is 5.91 Å². The molecule has 0 bridgehead atoms. The van der Waals surface area contributed by atoms with E-state index in [1.165, 1.54) is 0 Å². The molecule has 0 saturated heterocycles. The maximum atomic E-state index is 13.0. The standard InChI is InChI=1S/C26H19ClN4O2/c1-33-23-14-12-22(13-15-23)31-25(18-6-9-20(27)10-7-18)29-24(30-31)26(32)28-21-11-8-17-4-2-3-5-19(17)16-21/h2-16H,1H3,(H,28,32). The molecule has 162 valence electrons. The highest BCUT2D eigenvalue weighted by atomic mass is 35.5. The van der Waals surface area contributed by atoms with Gasteiger partial charge >= 0.3 is 0 Å². The van der Waals surface area contributed by atoms with Gasteiger partial charge < -0.3 is 10.1 Å². The number of hydrogen-bond donors (Lipinski definition) is 1. The predicted molar refractivity (Wildman–Crippen MR) is 130 cm³/mol. The van der Waals surface area contributed by atoms with E-state index in [1.54, 1.807) is 23.9 Å². The van der Waals surface area contributed by atoms with E-state index >= 15 is 0 Å². The molecule has 0 saturated carbocycles. The quantitative estimate of drug-likeness (QED) is 0.353. The van der Waals surface area contributed by atoms with E-state index < -0.39 is 5.91 Å². The van der Waals surface area contributed by atoms with Crippen LogP contribution in [0.2, 0.25) is 5.02 Å². The number of nitrogens with zero attached hydrogens (tertiary/aromatic N) is 3. The zero-order valence-corrected chi connectivity index (χ0v) is 18.5. The Morgan fingerprint density at radius 2 is 1.64 bits per heavy atom. The number of carbonyl (C=O) groups excluding carboxylic acids is 1. The van der Waals surface area contributed by atoms with Crippen LogP contribution < -0.4 is 10.1 Å². The molecule has 0 aliphatic heterocycles. The molecule has 0 aliphatic carbocycles. The fraction of sp³-hybridized carbons (Fsp3) is 0.0385. The number of ether oxygens (including phenoxy) is 1. The van der Waals surface area contributed by atoms with Gasteiger partial charge in [0.1, 0.15) is 5.75 Å². The van der Waals surface area contributed by atoms with Crippen molar-refractivity contribution < 1.29 is 9.53 Å². The number of anilines is 1. The molecule has 33 heavy (non-hydrogen) atoms. The van der Waals surface area contributed by atoms with Gasteiger partial charge in [0.15, 0.2) is 5.82 Å². The van der Waals surface area contributed by atoms with Crippen molar-refractivity contribution in [1.82, 2.24) is 14.8 Å². The molecule has 0 unspecified atom stereocenters. The summed E-state index contributed by atoms with van der Waals surface area (Å²) in [4.78, 5) is 17.6. The zero-order valence-electron chi connectivity index (χ0n) is 17.7. The first-order valence-electron chi connectivity index (χ1n) is 10.3. The van der Waals surface area contributed by atoms with Crippen molar-refractivity contribution in [1.29, 1.82) is 0 Å². The van der Waals surface area contributed by atoms with Crippen molar-refractivity contribution in [2.75, 3.05) is 12.4 Å². The van der Waals surface area contributed by atoms with E-state index in [1.807, 2.05) is 78.9 Å². The first kappa shape index (κ1) is 20.7. The van der Waals surface area contributed by atoms with Gasteiger partial charge in [0.2, 0.25) is 5.82 Å². The van der Waals surface area contributed by atoms with Crippen molar-refractivity contribution in [2.24, 2.45) is 0 Å². The van der Waals surface area contributed by atoms with Crippen molar-refractivity contribution in [2.45, 2.75) is 0 Å². The van der Waals surface area contributed by atoms with Crippen LogP contribution in [0, 0.1) is 0 Å². The second-order valence-electron chi connectivity index (χ2n) is 7.39. The fourth-order valence-electron chi connectivity index (χ4n) is 3.55. The fourth-order valence-corrected chi connectivity index (χ4v) is 3.68. The normalized spacial score (nSPS) is 10.8. The van der Waals surface area contributed by atoms with E-state index in [2.05, 4.69) is 15.4 Å². The SMILES string of the molecule is COc1ccc(-n2nc(C(=O)Nc3ccc4ccccc4c3)nc2-c2ccc(Cl)cc2)cc1. The van der Waals surface area contributed by atoms with Crippen molar-refractivity contribution in [3.05, 3.63) is 102 Å². The highest BCUT2D eigenvalue weighted by molar-refractivity contribution is 6.30. The van der Waals surface area contributed by atoms with E-state index in [0.29, 0.717) is 16.5 Å². The minimum Gasteiger partial charge on any atom is -0.497 e. The van der Waals surface area contributed by atoms with Crippen LogP contribution in [-0.4, -0.2) is 27.8 Å². The minimum absolute atomic E-state index is 0.0592. The third-order valence-electron chi connectivity index (χ3n) is 5.24. The molecule has 6 nitrogen and oxygen atoms in total. The van der Waals surface area contributed by atoms with Crippen molar-refractivity contribution >= 4 is 34.0 Å². The molecule has 5 rings (SSSR count). The third kappa shape index (κ3) is 4.29. The Labute approximate surface area is 195 Å². The number of carbonyl (C=O) groups is 1. The minimum atomic E-state index is -0.396. The molecule has 7 heteroatoms. The third-order valence-corrected chi connectivity index (χ3v) is 5.49. The largest absolute Gasteiger partial charge is 0.497 e. The highest BCUT2D eigenvalue weighted by Crippen LogP contribution is 2.25. The summed E-state index contributed by atoms with van der Waals surface area (Å²) in [5, 5.41) is 10.2. The lowest BCUT2D eigenvalue weighted by atomic mass is 10.1. The molecule has 1 N–H and O–H groups in total. The molecule has 1 amide bonds. The Balaban J connectivity index is 1.52. The van der Waals surface area contributed by atoms with E-state index in [4.69, 9.17) is 16.3 Å². The molecule has 1 heterocycles. The Kier molecular flexibility index (Phi) is 5.50. The molecule has 0 spiro atoms. The Bertz CT molecular complexity index is 1440. The number of methoxy groups -OCH3 is 1. The second kappa shape index (κ2) is 8.76. The molecule has 0 radical (unpaired) electrons. The number of halogens is 1. The molecule has 4 aromatic carbocycles. The number of fused-ring (bicyclic) bond motifs is 1. The number of rotatable bonds is 5. The number of hydrogen-bond acceptors (Lipinski definition) is 4. The van der Waals surface area contributed by atoms with Crippen LogP contribution in [-0.2, 0) is 0 Å². The average Bonchev–Trinajstić information content (AvgIpc) is 3.30. The maximum Gasteiger partial charge on any atom is 0.295 e. The van der Waals surface area contributed by atoms with Gasteiger partial charge in [-0.2, -0.15) is 0 Å². The van der Waals surface area contributed by atoms with Crippen LogP contribution in [0.4, 0.5) is 5.69 Å². The van der Waals surface area contributed by atoms with Gasteiger partial charge in [-0.15, -0.1) is 5.10 Å². The topological polar surface area (TPSA) is 69.0 Å². The maximum absolute atomic E-state index is 13.0. The first-order valence-corrected chi connectivity index (χ1v) is 10.7. The molecule has 5 aromatic rings. The molecule has 0 fully saturated rings. The second-order valence-corrected chi connectivity index (χ2v) is 7.83. The smallest absolute Gasteiger partial charge is 0.295 e. The van der Waals surface area contributed by atoms with Gasteiger partial charge in [0, 0.05) is 16.3 Å². The molecule has 1 aromatic heterocycles. The predicted octanol–water partition coefficient (Wildman–Crippen LogP) is 6.00. The van der Waals surface area contributed by atoms with E-state index in [-0.39, 0.29) is 5.82 Å². The Morgan fingerprint density at radius 3 is 2.36 bits per heavy atom. The van der Waals surface area contributed by atoms with Crippen LogP contribution >= 0.6 is 11.6 Å². The van der Waals surface area contributed by atoms with Crippen molar-refractivity contribution in [3.63, 3.8) is 0 Å². The number of aromatic nitrogens is 3. The number of nitrogens with one attached hydrogen (secondary N) is 1. The van der Waals surface area contributed by atoms with Crippen molar-refractivity contribution in [3.8, 4) is 22.8 Å². The van der Waals surface area contributed by atoms with E-state index in [9.17, 15) is 4.79 Å². The zero-order chi connectivity index (χ0) is 22.8. The summed E-state index contributed by atoms with van der Waals surface area (Å²) in [7, 11) is 1.61. The summed E-state index contributed by atoms with van der Waals surface area (Å²) < 4.78 is 6.89. The van der Waals surface area contributed by atoms with Gasteiger partial charge in [0.05, 0.1) is 12.8 Å². The molecular formula is C26H19ClN4O2. The Hall–Kier alpha value is -4.16. The lowest BCUT2D eigenvalue weighted by Crippen LogP contribution is -2.14. The lowest BCUT2D eigenvalue weighted by molar-refractivity contribution is 0.101. The van der Waals surface area contributed by atoms with Gasteiger partial charge in [-0.1, -0.05) is 41.9 Å². The van der Waals surface area contributed by atoms with Crippen LogP contribution in [0.5, 0.6) is 5.75 Å².